The number of hydrogen-bond acceptors (Lipinski definition) is 1. The van der Waals surface area contributed by atoms with Crippen LogP contribution >= 0.6 is 0 Å². The summed E-state index contributed by atoms with van der Waals surface area (Å²) in [6, 6.07) is 1.55. The Labute approximate surface area is 79.2 Å². The van der Waals surface area contributed by atoms with Crippen LogP contribution in [0, 0.1) is 23.4 Å². The average molecular weight is 202 g/mol. The number of benzene rings is 1. The zero-order valence-corrected chi connectivity index (χ0v) is 7.30. The van der Waals surface area contributed by atoms with Crippen LogP contribution in [0.3, 0.4) is 0 Å². The summed E-state index contributed by atoms with van der Waals surface area (Å²) in [5.41, 5.74) is -0.535. The van der Waals surface area contributed by atoms with Crippen molar-refractivity contribution in [1.29, 1.82) is 0 Å². The van der Waals surface area contributed by atoms with Gasteiger partial charge in [0.25, 0.3) is 0 Å². The smallest absolute Gasteiger partial charge is 0.167 e. The van der Waals surface area contributed by atoms with Gasteiger partial charge in [-0.15, -0.1) is 0 Å². The summed E-state index contributed by atoms with van der Waals surface area (Å²) >= 11 is 0. The molecule has 1 aliphatic carbocycles. The molecule has 2 rings (SSSR count). The molecular weight excluding hydrogens is 193 g/mol. The molecule has 0 spiro atoms. The summed E-state index contributed by atoms with van der Waals surface area (Å²) in [5.74, 6) is -3.41. The van der Waals surface area contributed by atoms with Crippen LogP contribution in [-0.4, -0.2) is 5.11 Å². The minimum atomic E-state index is -1.27. The maximum absolute atomic E-state index is 13.1. The van der Waals surface area contributed by atoms with Gasteiger partial charge in [-0.1, -0.05) is 0 Å². The van der Waals surface area contributed by atoms with Crippen molar-refractivity contribution < 1.29 is 18.3 Å². The molecule has 14 heavy (non-hydrogen) atoms. The van der Waals surface area contributed by atoms with Gasteiger partial charge < -0.3 is 5.11 Å². The van der Waals surface area contributed by atoms with E-state index in [2.05, 4.69) is 0 Å². The van der Waals surface area contributed by atoms with Gasteiger partial charge in [-0.3, -0.25) is 0 Å². The SMILES string of the molecule is OC(c1c(F)ccc(F)c1F)C1CC1. The summed E-state index contributed by atoms with van der Waals surface area (Å²) in [6.45, 7) is 0. The van der Waals surface area contributed by atoms with Gasteiger partial charge in [-0.2, -0.15) is 0 Å². The highest BCUT2D eigenvalue weighted by Crippen LogP contribution is 2.42. The van der Waals surface area contributed by atoms with Crippen molar-refractivity contribution in [2.24, 2.45) is 5.92 Å². The summed E-state index contributed by atoms with van der Waals surface area (Å²) in [5, 5.41) is 9.50. The molecule has 0 heterocycles. The minimum absolute atomic E-state index is 0.124. The predicted molar refractivity (Wildman–Crippen MR) is 44.0 cm³/mol. The van der Waals surface area contributed by atoms with E-state index in [1.807, 2.05) is 0 Å². The van der Waals surface area contributed by atoms with Gasteiger partial charge >= 0.3 is 0 Å². The van der Waals surface area contributed by atoms with Crippen LogP contribution in [0.15, 0.2) is 12.1 Å². The largest absolute Gasteiger partial charge is 0.388 e. The maximum Gasteiger partial charge on any atom is 0.167 e. The number of halogens is 3. The normalized spacial score (nSPS) is 18.3. The highest BCUT2D eigenvalue weighted by atomic mass is 19.2. The molecule has 1 saturated carbocycles. The fraction of sp³-hybridized carbons (Fsp3) is 0.400. The number of hydrogen-bond donors (Lipinski definition) is 1. The summed E-state index contributed by atoms with van der Waals surface area (Å²) in [6.07, 6.45) is 0.248. The lowest BCUT2D eigenvalue weighted by Gasteiger charge is -2.11. The van der Waals surface area contributed by atoms with Crippen molar-refractivity contribution in [2.75, 3.05) is 0 Å². The molecule has 0 amide bonds. The third-order valence-corrected chi connectivity index (χ3v) is 2.44. The Morgan fingerprint density at radius 1 is 1.14 bits per heavy atom. The Hall–Kier alpha value is -1.03. The molecule has 0 aliphatic heterocycles. The molecule has 1 fully saturated rings. The lowest BCUT2D eigenvalue weighted by Crippen LogP contribution is -2.07. The zero-order chi connectivity index (χ0) is 10.3. The Morgan fingerprint density at radius 3 is 2.29 bits per heavy atom. The van der Waals surface area contributed by atoms with E-state index < -0.39 is 29.1 Å². The van der Waals surface area contributed by atoms with E-state index >= 15 is 0 Å². The third-order valence-electron chi connectivity index (χ3n) is 2.44. The fourth-order valence-corrected chi connectivity index (χ4v) is 1.46. The van der Waals surface area contributed by atoms with Crippen LogP contribution in [0.25, 0.3) is 0 Å². The van der Waals surface area contributed by atoms with Crippen molar-refractivity contribution in [3.8, 4) is 0 Å². The maximum atomic E-state index is 13.1. The molecule has 1 N–H and O–H groups in total. The van der Waals surface area contributed by atoms with E-state index in [1.165, 1.54) is 0 Å². The molecule has 1 nitrogen and oxygen atoms in total. The van der Waals surface area contributed by atoms with Crippen LogP contribution in [0.5, 0.6) is 0 Å². The molecule has 1 aromatic carbocycles. The molecule has 76 valence electrons. The molecule has 0 saturated heterocycles. The first kappa shape index (κ1) is 9.52. The number of rotatable bonds is 2. The second-order valence-corrected chi connectivity index (χ2v) is 3.54. The summed E-state index contributed by atoms with van der Waals surface area (Å²) in [7, 11) is 0. The second kappa shape index (κ2) is 3.28. The van der Waals surface area contributed by atoms with Crippen LogP contribution in [0.4, 0.5) is 13.2 Å². The van der Waals surface area contributed by atoms with Gasteiger partial charge in [0.05, 0.1) is 11.7 Å². The monoisotopic (exact) mass is 202 g/mol. The van der Waals surface area contributed by atoms with Gasteiger partial charge in [0, 0.05) is 0 Å². The van der Waals surface area contributed by atoms with Crippen LogP contribution in [-0.2, 0) is 0 Å². The Balaban J connectivity index is 2.43. The van der Waals surface area contributed by atoms with Crippen molar-refractivity contribution >= 4 is 0 Å². The van der Waals surface area contributed by atoms with Crippen LogP contribution in [0.2, 0.25) is 0 Å². The van der Waals surface area contributed by atoms with E-state index in [0.29, 0.717) is 6.07 Å². The van der Waals surface area contributed by atoms with Gasteiger partial charge in [-0.25, -0.2) is 13.2 Å². The highest BCUT2D eigenvalue weighted by Gasteiger charge is 2.34. The fourth-order valence-electron chi connectivity index (χ4n) is 1.46. The van der Waals surface area contributed by atoms with Crippen molar-refractivity contribution in [1.82, 2.24) is 0 Å². The molecule has 4 heteroatoms. The predicted octanol–water partition coefficient (Wildman–Crippen LogP) is 2.55. The van der Waals surface area contributed by atoms with Gasteiger partial charge in [0.2, 0.25) is 0 Å². The first-order valence-electron chi connectivity index (χ1n) is 4.42. The van der Waals surface area contributed by atoms with E-state index in [9.17, 15) is 18.3 Å². The summed E-state index contributed by atoms with van der Waals surface area (Å²) in [4.78, 5) is 0. The lowest BCUT2D eigenvalue weighted by atomic mass is 10.0. The molecule has 1 aromatic rings. The number of aliphatic hydroxyl groups excluding tert-OH is 1. The highest BCUT2D eigenvalue weighted by molar-refractivity contribution is 5.24. The van der Waals surface area contributed by atoms with E-state index in [4.69, 9.17) is 0 Å². The quantitative estimate of drug-likeness (QED) is 0.730. The Bertz CT molecular complexity index is 361. The zero-order valence-electron chi connectivity index (χ0n) is 7.30. The summed E-state index contributed by atoms with van der Waals surface area (Å²) < 4.78 is 39.0. The first-order valence-corrected chi connectivity index (χ1v) is 4.42. The van der Waals surface area contributed by atoms with E-state index in [-0.39, 0.29) is 5.92 Å². The van der Waals surface area contributed by atoms with E-state index in [0.717, 1.165) is 18.9 Å². The van der Waals surface area contributed by atoms with Crippen molar-refractivity contribution in [3.63, 3.8) is 0 Å². The topological polar surface area (TPSA) is 20.2 Å². The first-order chi connectivity index (χ1) is 6.61. The average Bonchev–Trinajstić information content (AvgIpc) is 2.95. The Morgan fingerprint density at radius 2 is 1.71 bits per heavy atom. The van der Waals surface area contributed by atoms with Gasteiger partial charge in [-0.05, 0) is 30.9 Å². The Kier molecular flexibility index (Phi) is 2.23. The minimum Gasteiger partial charge on any atom is -0.388 e. The molecule has 1 atom stereocenters. The van der Waals surface area contributed by atoms with Crippen LogP contribution < -0.4 is 0 Å². The third kappa shape index (κ3) is 1.50. The molecule has 0 radical (unpaired) electrons. The van der Waals surface area contributed by atoms with Crippen LogP contribution in [0.1, 0.15) is 24.5 Å². The van der Waals surface area contributed by atoms with Crippen molar-refractivity contribution in [3.05, 3.63) is 35.1 Å². The lowest BCUT2D eigenvalue weighted by molar-refractivity contribution is 0.143. The second-order valence-electron chi connectivity index (χ2n) is 3.54. The van der Waals surface area contributed by atoms with E-state index in [1.54, 1.807) is 0 Å². The molecule has 1 aliphatic rings. The molecular formula is C10H9F3O. The van der Waals surface area contributed by atoms with Crippen molar-refractivity contribution in [2.45, 2.75) is 18.9 Å². The molecule has 1 unspecified atom stereocenters. The molecule has 0 bridgehead atoms. The van der Waals surface area contributed by atoms with Gasteiger partial charge in [0.15, 0.2) is 11.6 Å². The van der Waals surface area contributed by atoms with Gasteiger partial charge in [0.1, 0.15) is 5.82 Å². The number of aliphatic hydroxyl groups is 1. The molecule has 0 aromatic heterocycles. The standard InChI is InChI=1S/C10H9F3O/c11-6-3-4-7(12)9(13)8(6)10(14)5-1-2-5/h3-5,10,14H,1-2H2.